The van der Waals surface area contributed by atoms with Crippen LogP contribution < -0.4 is 9.62 Å². The summed E-state index contributed by atoms with van der Waals surface area (Å²) in [6.07, 6.45) is 1.02. The first-order valence-corrected chi connectivity index (χ1v) is 10.4. The van der Waals surface area contributed by atoms with Crippen LogP contribution in [0.5, 0.6) is 0 Å². The SMILES string of the molecule is Cc1ccc(NC(=O)[C@H](C)N(c2cc(Cl)ccc2Cl)S(C)(=O)=O)cc1C. The molecule has 5 nitrogen and oxygen atoms in total. The van der Waals surface area contributed by atoms with Crippen LogP contribution in [0.15, 0.2) is 36.4 Å². The zero-order valence-electron chi connectivity index (χ0n) is 14.9. The Kier molecular flexibility index (Phi) is 6.21. The van der Waals surface area contributed by atoms with Crippen LogP contribution in [0.3, 0.4) is 0 Å². The highest BCUT2D eigenvalue weighted by atomic mass is 35.5. The normalized spacial score (nSPS) is 12.5. The van der Waals surface area contributed by atoms with Crippen LogP contribution in [0, 0.1) is 13.8 Å². The molecule has 0 aliphatic heterocycles. The van der Waals surface area contributed by atoms with Gasteiger partial charge in [0.2, 0.25) is 15.9 Å². The number of carbonyl (C=O) groups is 1. The molecule has 0 aliphatic rings. The predicted molar refractivity (Wildman–Crippen MR) is 108 cm³/mol. The summed E-state index contributed by atoms with van der Waals surface area (Å²) in [5.74, 6) is -0.477. The van der Waals surface area contributed by atoms with E-state index in [4.69, 9.17) is 23.2 Å². The summed E-state index contributed by atoms with van der Waals surface area (Å²) in [5.41, 5.74) is 2.87. The Morgan fingerprint density at radius 2 is 1.73 bits per heavy atom. The number of anilines is 2. The zero-order chi connectivity index (χ0) is 19.6. The van der Waals surface area contributed by atoms with Crippen molar-refractivity contribution < 1.29 is 13.2 Å². The second kappa shape index (κ2) is 7.86. The third-order valence-corrected chi connectivity index (χ3v) is 5.79. The van der Waals surface area contributed by atoms with E-state index in [1.807, 2.05) is 26.0 Å². The van der Waals surface area contributed by atoms with Gasteiger partial charge in [0, 0.05) is 10.7 Å². The van der Waals surface area contributed by atoms with Crippen LogP contribution >= 0.6 is 23.2 Å². The lowest BCUT2D eigenvalue weighted by Gasteiger charge is -2.29. The lowest BCUT2D eigenvalue weighted by molar-refractivity contribution is -0.116. The van der Waals surface area contributed by atoms with Gasteiger partial charge in [-0.1, -0.05) is 29.3 Å². The van der Waals surface area contributed by atoms with Crippen LogP contribution in [-0.2, 0) is 14.8 Å². The summed E-state index contributed by atoms with van der Waals surface area (Å²) in [6.45, 7) is 5.40. The molecule has 2 aromatic rings. The third kappa shape index (κ3) is 4.69. The quantitative estimate of drug-likeness (QED) is 0.787. The molecule has 0 fully saturated rings. The average Bonchev–Trinajstić information content (AvgIpc) is 2.53. The van der Waals surface area contributed by atoms with Crippen molar-refractivity contribution in [1.29, 1.82) is 0 Å². The molecule has 0 aliphatic carbocycles. The lowest BCUT2D eigenvalue weighted by Crippen LogP contribution is -2.45. The molecule has 0 radical (unpaired) electrons. The molecule has 1 atom stereocenters. The standard InChI is InChI=1S/C18H20Cl2N2O3S/c1-11-5-7-15(9-12(11)2)21-18(23)13(3)22(26(4,24)25)17-10-14(19)6-8-16(17)20/h5-10,13H,1-4H3,(H,21,23)/t13-/m0/s1. The molecule has 140 valence electrons. The number of hydrogen-bond donors (Lipinski definition) is 1. The fourth-order valence-corrected chi connectivity index (χ4v) is 4.11. The van der Waals surface area contributed by atoms with E-state index in [2.05, 4.69) is 5.32 Å². The van der Waals surface area contributed by atoms with Crippen molar-refractivity contribution in [3.63, 3.8) is 0 Å². The number of carbonyl (C=O) groups excluding carboxylic acids is 1. The van der Waals surface area contributed by atoms with Crippen LogP contribution in [0.25, 0.3) is 0 Å². The Morgan fingerprint density at radius 3 is 2.31 bits per heavy atom. The Balaban J connectivity index is 2.37. The Bertz CT molecular complexity index is 945. The minimum atomic E-state index is -3.78. The second-order valence-electron chi connectivity index (χ2n) is 6.12. The van der Waals surface area contributed by atoms with Gasteiger partial charge in [0.15, 0.2) is 0 Å². The van der Waals surface area contributed by atoms with Gasteiger partial charge >= 0.3 is 0 Å². The maximum atomic E-state index is 12.7. The second-order valence-corrected chi connectivity index (χ2v) is 8.82. The molecule has 0 saturated carbocycles. The maximum Gasteiger partial charge on any atom is 0.247 e. The monoisotopic (exact) mass is 414 g/mol. The average molecular weight is 415 g/mol. The fraction of sp³-hybridized carbons (Fsp3) is 0.278. The van der Waals surface area contributed by atoms with Gasteiger partial charge in [-0.25, -0.2) is 8.42 Å². The van der Waals surface area contributed by atoms with E-state index < -0.39 is 22.0 Å². The molecule has 1 N–H and O–H groups in total. The van der Waals surface area contributed by atoms with Gasteiger partial charge in [0.05, 0.1) is 17.0 Å². The number of sulfonamides is 1. The van der Waals surface area contributed by atoms with Crippen molar-refractivity contribution in [2.45, 2.75) is 26.8 Å². The molecular weight excluding hydrogens is 395 g/mol. The van der Waals surface area contributed by atoms with Crippen LogP contribution in [0.2, 0.25) is 10.0 Å². The number of nitrogens with one attached hydrogen (secondary N) is 1. The summed E-state index contributed by atoms with van der Waals surface area (Å²) < 4.78 is 25.6. The number of hydrogen-bond acceptors (Lipinski definition) is 3. The van der Waals surface area contributed by atoms with Crippen LogP contribution in [-0.4, -0.2) is 26.6 Å². The summed E-state index contributed by atoms with van der Waals surface area (Å²) in [6, 6.07) is 8.92. The van der Waals surface area contributed by atoms with Crippen LogP contribution in [0.4, 0.5) is 11.4 Å². The Hall–Kier alpha value is -1.76. The molecule has 8 heteroatoms. The first kappa shape index (κ1) is 20.6. The summed E-state index contributed by atoms with van der Waals surface area (Å²) in [5, 5.41) is 3.25. The van der Waals surface area contributed by atoms with E-state index >= 15 is 0 Å². The summed E-state index contributed by atoms with van der Waals surface area (Å²) in [7, 11) is -3.78. The largest absolute Gasteiger partial charge is 0.324 e. The minimum Gasteiger partial charge on any atom is -0.324 e. The number of aryl methyl sites for hydroxylation is 2. The molecule has 0 aromatic heterocycles. The van der Waals surface area contributed by atoms with Crippen molar-refractivity contribution in [1.82, 2.24) is 0 Å². The van der Waals surface area contributed by atoms with E-state index in [9.17, 15) is 13.2 Å². The molecule has 2 aromatic carbocycles. The highest BCUT2D eigenvalue weighted by Gasteiger charge is 2.30. The van der Waals surface area contributed by atoms with Gasteiger partial charge in [0.1, 0.15) is 6.04 Å². The number of rotatable bonds is 5. The van der Waals surface area contributed by atoms with Crippen LogP contribution in [0.1, 0.15) is 18.1 Å². The summed E-state index contributed by atoms with van der Waals surface area (Å²) >= 11 is 12.1. The lowest BCUT2D eigenvalue weighted by atomic mass is 10.1. The van der Waals surface area contributed by atoms with Crippen molar-refractivity contribution in [3.05, 3.63) is 57.6 Å². The molecule has 0 spiro atoms. The van der Waals surface area contributed by atoms with Gasteiger partial charge in [-0.15, -0.1) is 0 Å². The van der Waals surface area contributed by atoms with Gasteiger partial charge < -0.3 is 5.32 Å². The van der Waals surface area contributed by atoms with Gasteiger partial charge in [0.25, 0.3) is 0 Å². The van der Waals surface area contributed by atoms with Gasteiger partial charge in [-0.05, 0) is 62.2 Å². The number of nitrogens with zero attached hydrogens (tertiary/aromatic N) is 1. The van der Waals surface area contributed by atoms with Crippen molar-refractivity contribution in [2.24, 2.45) is 0 Å². The molecule has 0 heterocycles. The van der Waals surface area contributed by atoms with E-state index in [0.717, 1.165) is 21.7 Å². The first-order chi connectivity index (χ1) is 12.0. The molecular formula is C18H20Cl2N2O3S. The van der Waals surface area contributed by atoms with Crippen molar-refractivity contribution in [3.8, 4) is 0 Å². The van der Waals surface area contributed by atoms with Gasteiger partial charge in [-0.3, -0.25) is 9.10 Å². The predicted octanol–water partition coefficient (Wildman–Crippen LogP) is 4.40. The highest BCUT2D eigenvalue weighted by Crippen LogP contribution is 2.32. The van der Waals surface area contributed by atoms with E-state index in [-0.39, 0.29) is 10.7 Å². The number of benzene rings is 2. The van der Waals surface area contributed by atoms with Crippen molar-refractivity contribution in [2.75, 3.05) is 15.9 Å². The van der Waals surface area contributed by atoms with Gasteiger partial charge in [-0.2, -0.15) is 0 Å². The molecule has 2 rings (SSSR count). The molecule has 0 saturated heterocycles. The summed E-state index contributed by atoms with van der Waals surface area (Å²) in [4.78, 5) is 12.7. The van der Waals surface area contributed by atoms with E-state index in [1.54, 1.807) is 12.1 Å². The maximum absolute atomic E-state index is 12.7. The van der Waals surface area contributed by atoms with E-state index in [0.29, 0.717) is 10.7 Å². The minimum absolute atomic E-state index is 0.157. The number of amides is 1. The molecule has 0 bridgehead atoms. The Labute approximate surface area is 164 Å². The fourth-order valence-electron chi connectivity index (χ4n) is 2.50. The van der Waals surface area contributed by atoms with E-state index in [1.165, 1.54) is 19.1 Å². The molecule has 26 heavy (non-hydrogen) atoms. The zero-order valence-corrected chi connectivity index (χ0v) is 17.2. The molecule has 0 unspecified atom stereocenters. The molecule has 1 amide bonds. The highest BCUT2D eigenvalue weighted by molar-refractivity contribution is 7.92. The third-order valence-electron chi connectivity index (χ3n) is 4.01. The smallest absolute Gasteiger partial charge is 0.247 e. The van der Waals surface area contributed by atoms with Crippen molar-refractivity contribution >= 4 is 50.5 Å². The Morgan fingerprint density at radius 1 is 1.08 bits per heavy atom. The number of halogens is 2. The first-order valence-electron chi connectivity index (χ1n) is 7.83. The topological polar surface area (TPSA) is 66.5 Å².